The van der Waals surface area contributed by atoms with Crippen LogP contribution in [0, 0.1) is 0 Å². The van der Waals surface area contributed by atoms with Gasteiger partial charge in [0.15, 0.2) is 17.2 Å². The first kappa shape index (κ1) is 30.5. The monoisotopic (exact) mass is 632 g/mol. The van der Waals surface area contributed by atoms with E-state index in [-0.39, 0.29) is 39.4 Å². The number of benzene rings is 4. The van der Waals surface area contributed by atoms with E-state index in [1.54, 1.807) is 0 Å². The molecule has 0 aliphatic carbocycles. The third-order valence-corrected chi connectivity index (χ3v) is 7.03. The molecule has 1 saturated heterocycles. The van der Waals surface area contributed by atoms with Gasteiger partial charge in [0.2, 0.25) is 0 Å². The van der Waals surface area contributed by atoms with Crippen LogP contribution in [-0.4, -0.2) is 29.6 Å². The van der Waals surface area contributed by atoms with Crippen molar-refractivity contribution in [2.24, 2.45) is 0 Å². The summed E-state index contributed by atoms with van der Waals surface area (Å²) >= 11 is 13.0. The number of amides is 4. The summed E-state index contributed by atoms with van der Waals surface area (Å²) in [6.07, 6.45) is 1.28. The number of aromatic hydroxyl groups is 1. The second-order valence-electron chi connectivity index (χ2n) is 9.56. The van der Waals surface area contributed by atoms with Gasteiger partial charge in [-0.2, -0.15) is 0 Å². The number of urea groups is 1. The van der Waals surface area contributed by atoms with Gasteiger partial charge in [0, 0.05) is 0 Å². The van der Waals surface area contributed by atoms with Crippen molar-refractivity contribution < 1.29 is 33.7 Å². The van der Waals surface area contributed by atoms with Gasteiger partial charge >= 0.3 is 6.03 Å². The Morgan fingerprint density at radius 2 is 1.48 bits per heavy atom. The molecule has 1 aliphatic heterocycles. The Kier molecular flexibility index (Phi) is 9.38. The summed E-state index contributed by atoms with van der Waals surface area (Å²) < 4.78 is 17.7. The summed E-state index contributed by atoms with van der Waals surface area (Å²) in [4.78, 5) is 38.9. The first-order valence-corrected chi connectivity index (χ1v) is 14.2. The fraction of sp³-hybridized carbons (Fsp3) is 0.121. The summed E-state index contributed by atoms with van der Waals surface area (Å²) in [5.74, 6) is -0.393. The van der Waals surface area contributed by atoms with Crippen molar-refractivity contribution in [2.75, 3.05) is 11.5 Å². The number of halogens is 2. The van der Waals surface area contributed by atoms with Crippen LogP contribution >= 0.6 is 23.2 Å². The molecule has 0 unspecified atom stereocenters. The van der Waals surface area contributed by atoms with Crippen molar-refractivity contribution in [1.82, 2.24) is 5.32 Å². The SMILES string of the molecule is CCOc1cc(COc2c(Cl)cc(/C=C3/C(=O)NC(=O)N(c4ccc(O)cc4)C3=O)cc2Cl)ccc1OCc1ccccc1. The van der Waals surface area contributed by atoms with Gasteiger partial charge in [-0.1, -0.05) is 59.6 Å². The average Bonchev–Trinajstić information content (AvgIpc) is 3.00. The number of rotatable bonds is 10. The fourth-order valence-electron chi connectivity index (χ4n) is 4.38. The number of anilines is 1. The molecule has 1 fully saturated rings. The van der Waals surface area contributed by atoms with Gasteiger partial charge in [0.05, 0.1) is 22.3 Å². The van der Waals surface area contributed by atoms with Gasteiger partial charge in [-0.25, -0.2) is 9.69 Å². The standard InChI is InChI=1S/C33H26Cl2N2O7/c1-2-42-29-17-21(8-13-28(29)43-18-20-6-4-3-5-7-20)19-44-30-26(34)15-22(16-27(30)35)14-25-31(39)36-33(41)37(32(25)40)23-9-11-24(38)12-10-23/h3-17,38H,2,18-19H2,1H3,(H,36,39,41)/b25-14-. The lowest BCUT2D eigenvalue weighted by atomic mass is 10.1. The first-order chi connectivity index (χ1) is 21.2. The smallest absolute Gasteiger partial charge is 0.335 e. The maximum absolute atomic E-state index is 13.1. The number of phenols is 1. The van der Waals surface area contributed by atoms with E-state index in [9.17, 15) is 19.5 Å². The predicted molar refractivity (Wildman–Crippen MR) is 166 cm³/mol. The average molecular weight is 633 g/mol. The lowest BCUT2D eigenvalue weighted by Gasteiger charge is -2.26. The van der Waals surface area contributed by atoms with Crippen LogP contribution in [0.1, 0.15) is 23.6 Å². The number of nitrogens with zero attached hydrogens (tertiary/aromatic N) is 1. The van der Waals surface area contributed by atoms with E-state index in [0.29, 0.717) is 30.3 Å². The van der Waals surface area contributed by atoms with E-state index < -0.39 is 17.8 Å². The number of imide groups is 2. The van der Waals surface area contributed by atoms with E-state index in [1.807, 2.05) is 55.5 Å². The third kappa shape index (κ3) is 6.96. The Morgan fingerprint density at radius 1 is 0.795 bits per heavy atom. The van der Waals surface area contributed by atoms with Gasteiger partial charge in [-0.05, 0) is 78.2 Å². The van der Waals surface area contributed by atoms with E-state index in [1.165, 1.54) is 42.5 Å². The summed E-state index contributed by atoms with van der Waals surface area (Å²) in [6, 6.07) is 22.7. The highest BCUT2D eigenvalue weighted by Crippen LogP contribution is 2.37. The molecule has 0 atom stereocenters. The van der Waals surface area contributed by atoms with Crippen LogP contribution < -0.4 is 24.4 Å². The Hall–Kier alpha value is -4.99. The van der Waals surface area contributed by atoms with Crippen LogP contribution in [0.2, 0.25) is 10.0 Å². The molecule has 1 aliphatic rings. The molecule has 44 heavy (non-hydrogen) atoms. The topological polar surface area (TPSA) is 114 Å². The number of phenolic OH excluding ortho intramolecular Hbond substituents is 1. The van der Waals surface area contributed by atoms with Gasteiger partial charge in [-0.3, -0.25) is 14.9 Å². The minimum atomic E-state index is -0.911. The van der Waals surface area contributed by atoms with Crippen molar-refractivity contribution in [2.45, 2.75) is 20.1 Å². The van der Waals surface area contributed by atoms with E-state index in [2.05, 4.69) is 5.32 Å². The molecular formula is C33H26Cl2N2O7. The highest BCUT2D eigenvalue weighted by molar-refractivity contribution is 6.40. The van der Waals surface area contributed by atoms with E-state index in [4.69, 9.17) is 37.4 Å². The maximum Gasteiger partial charge on any atom is 0.335 e. The van der Waals surface area contributed by atoms with Gasteiger partial charge in [-0.15, -0.1) is 0 Å². The highest BCUT2D eigenvalue weighted by atomic mass is 35.5. The van der Waals surface area contributed by atoms with Crippen LogP contribution in [0.3, 0.4) is 0 Å². The van der Waals surface area contributed by atoms with Crippen LogP contribution in [0.25, 0.3) is 6.08 Å². The minimum absolute atomic E-state index is 0.0448. The predicted octanol–water partition coefficient (Wildman–Crippen LogP) is 6.92. The molecule has 1 heterocycles. The Morgan fingerprint density at radius 3 is 2.16 bits per heavy atom. The normalized spacial score (nSPS) is 14.0. The lowest BCUT2D eigenvalue weighted by Crippen LogP contribution is -2.54. The molecule has 0 bridgehead atoms. The van der Waals surface area contributed by atoms with Crippen molar-refractivity contribution in [3.63, 3.8) is 0 Å². The zero-order valence-electron chi connectivity index (χ0n) is 23.4. The zero-order chi connectivity index (χ0) is 31.2. The molecule has 9 nitrogen and oxygen atoms in total. The van der Waals surface area contributed by atoms with E-state index >= 15 is 0 Å². The molecule has 4 amide bonds. The molecule has 11 heteroatoms. The van der Waals surface area contributed by atoms with Gasteiger partial charge in [0.25, 0.3) is 11.8 Å². The van der Waals surface area contributed by atoms with Crippen molar-refractivity contribution in [3.05, 3.63) is 117 Å². The fourth-order valence-corrected chi connectivity index (χ4v) is 4.99. The number of carbonyl (C=O) groups is 3. The summed E-state index contributed by atoms with van der Waals surface area (Å²) in [5, 5.41) is 12.0. The third-order valence-electron chi connectivity index (χ3n) is 6.47. The Labute approximate surface area is 263 Å². The molecular weight excluding hydrogens is 607 g/mol. The summed E-state index contributed by atoms with van der Waals surface area (Å²) in [6.45, 7) is 2.84. The quantitative estimate of drug-likeness (QED) is 0.144. The molecule has 0 saturated carbocycles. The van der Waals surface area contributed by atoms with Gasteiger partial charge in [0.1, 0.15) is 24.5 Å². The Balaban J connectivity index is 1.31. The molecule has 0 radical (unpaired) electrons. The second kappa shape index (κ2) is 13.5. The van der Waals surface area contributed by atoms with Gasteiger partial charge < -0.3 is 19.3 Å². The molecule has 224 valence electrons. The largest absolute Gasteiger partial charge is 0.508 e. The number of barbiturate groups is 1. The molecule has 0 aromatic heterocycles. The maximum atomic E-state index is 13.1. The highest BCUT2D eigenvalue weighted by Gasteiger charge is 2.36. The summed E-state index contributed by atoms with van der Waals surface area (Å²) in [5.41, 5.74) is 2.01. The van der Waals surface area contributed by atoms with Crippen LogP contribution in [0.5, 0.6) is 23.0 Å². The number of hydrogen-bond acceptors (Lipinski definition) is 7. The lowest BCUT2D eigenvalue weighted by molar-refractivity contribution is -0.122. The molecule has 5 rings (SSSR count). The summed E-state index contributed by atoms with van der Waals surface area (Å²) in [7, 11) is 0. The molecule has 2 N–H and O–H groups in total. The molecule has 4 aromatic carbocycles. The van der Waals surface area contributed by atoms with Crippen molar-refractivity contribution >= 4 is 52.8 Å². The number of ether oxygens (including phenoxy) is 3. The number of carbonyl (C=O) groups excluding carboxylic acids is 3. The van der Waals surface area contributed by atoms with Crippen LogP contribution in [0.4, 0.5) is 10.5 Å². The van der Waals surface area contributed by atoms with Crippen LogP contribution in [-0.2, 0) is 22.8 Å². The first-order valence-electron chi connectivity index (χ1n) is 13.5. The number of hydrogen-bond donors (Lipinski definition) is 2. The molecule has 0 spiro atoms. The minimum Gasteiger partial charge on any atom is -0.508 e. The van der Waals surface area contributed by atoms with E-state index in [0.717, 1.165) is 16.0 Å². The van der Waals surface area contributed by atoms with Crippen LogP contribution in [0.15, 0.2) is 90.5 Å². The second-order valence-corrected chi connectivity index (χ2v) is 10.4. The van der Waals surface area contributed by atoms with Crippen molar-refractivity contribution in [1.29, 1.82) is 0 Å². The molecule has 4 aromatic rings. The van der Waals surface area contributed by atoms with Crippen molar-refractivity contribution in [3.8, 4) is 23.0 Å². The zero-order valence-corrected chi connectivity index (χ0v) is 24.9. The Bertz CT molecular complexity index is 1720. The number of nitrogens with one attached hydrogen (secondary N) is 1.